The van der Waals surface area contributed by atoms with E-state index in [1.165, 1.54) is 17.0 Å². The summed E-state index contributed by atoms with van der Waals surface area (Å²) in [5.74, 6) is -0.476. The van der Waals surface area contributed by atoms with Crippen LogP contribution in [0.3, 0.4) is 0 Å². The van der Waals surface area contributed by atoms with Crippen LogP contribution in [0, 0.1) is 19.7 Å². The van der Waals surface area contributed by atoms with Gasteiger partial charge in [0.1, 0.15) is 5.82 Å². The van der Waals surface area contributed by atoms with Gasteiger partial charge >= 0.3 is 0 Å². The zero-order chi connectivity index (χ0) is 16.3. The molecule has 0 bridgehead atoms. The van der Waals surface area contributed by atoms with Crippen LogP contribution in [0.15, 0.2) is 30.3 Å². The maximum Gasteiger partial charge on any atom is 0.246 e. The average Bonchev–Trinajstić information content (AvgIpc) is 2.72. The molecule has 0 aliphatic carbocycles. The van der Waals surface area contributed by atoms with Crippen LogP contribution in [0.1, 0.15) is 22.5 Å². The molecule has 0 atom stereocenters. The monoisotopic (exact) mass is 301 g/mol. The van der Waals surface area contributed by atoms with E-state index in [9.17, 15) is 9.18 Å². The van der Waals surface area contributed by atoms with Crippen LogP contribution in [0.4, 0.5) is 4.39 Å². The number of hydrogen-bond donors (Lipinski definition) is 0. The predicted octanol–water partition coefficient (Wildman–Crippen LogP) is 2.85. The summed E-state index contributed by atoms with van der Waals surface area (Å²) in [4.78, 5) is 13.6. The Kier molecular flexibility index (Phi) is 4.75. The fraction of sp³-hybridized carbons (Fsp3) is 0.294. The molecule has 2 rings (SSSR count). The van der Waals surface area contributed by atoms with Crippen molar-refractivity contribution >= 4 is 12.0 Å². The Morgan fingerprint density at radius 1 is 1.36 bits per heavy atom. The zero-order valence-electron chi connectivity index (χ0n) is 13.3. The van der Waals surface area contributed by atoms with Gasteiger partial charge in [-0.2, -0.15) is 5.10 Å². The summed E-state index contributed by atoms with van der Waals surface area (Å²) in [6, 6.07) is 6.47. The van der Waals surface area contributed by atoms with Gasteiger partial charge in [-0.05, 0) is 26.0 Å². The summed E-state index contributed by atoms with van der Waals surface area (Å²) in [6.07, 6.45) is 3.26. The maximum atomic E-state index is 13.6. The summed E-state index contributed by atoms with van der Waals surface area (Å²) in [6.45, 7) is 4.09. The van der Waals surface area contributed by atoms with Gasteiger partial charge in [-0.1, -0.05) is 18.2 Å². The van der Waals surface area contributed by atoms with Crippen molar-refractivity contribution in [2.75, 3.05) is 7.05 Å². The molecular formula is C17H20FN3O. The number of halogens is 1. The topological polar surface area (TPSA) is 38.1 Å². The van der Waals surface area contributed by atoms with E-state index in [0.29, 0.717) is 5.56 Å². The van der Waals surface area contributed by atoms with E-state index in [1.54, 1.807) is 36.0 Å². The minimum Gasteiger partial charge on any atom is -0.338 e. The van der Waals surface area contributed by atoms with Gasteiger partial charge in [0.25, 0.3) is 0 Å². The largest absolute Gasteiger partial charge is 0.338 e. The Hall–Kier alpha value is -2.43. The summed E-state index contributed by atoms with van der Waals surface area (Å²) >= 11 is 0. The lowest BCUT2D eigenvalue weighted by Gasteiger charge is -2.15. The van der Waals surface area contributed by atoms with Crippen LogP contribution in [0.5, 0.6) is 0 Å². The van der Waals surface area contributed by atoms with Crippen molar-refractivity contribution in [3.05, 3.63) is 58.7 Å². The molecule has 0 saturated carbocycles. The summed E-state index contributed by atoms with van der Waals surface area (Å²) in [5, 5.41) is 4.30. The molecule has 4 nitrogen and oxygen atoms in total. The molecule has 0 radical (unpaired) electrons. The highest BCUT2D eigenvalue weighted by atomic mass is 19.1. The molecule has 0 unspecified atom stereocenters. The standard InChI is InChI=1S/C17H20FN3O/c1-12-15(13(2)21(4)19-12)9-10-17(22)20(3)11-14-7-5-6-8-16(14)18/h5-10H,11H2,1-4H3/b10-9+. The number of carbonyl (C=O) groups excluding carboxylic acids is 1. The van der Waals surface area contributed by atoms with E-state index < -0.39 is 0 Å². The highest BCUT2D eigenvalue weighted by Crippen LogP contribution is 2.14. The molecular weight excluding hydrogens is 281 g/mol. The van der Waals surface area contributed by atoms with E-state index in [0.717, 1.165) is 17.0 Å². The van der Waals surface area contributed by atoms with Crippen molar-refractivity contribution < 1.29 is 9.18 Å². The molecule has 0 aliphatic heterocycles. The third-order valence-corrected chi connectivity index (χ3v) is 3.70. The Labute approximate surface area is 129 Å². The molecule has 22 heavy (non-hydrogen) atoms. The number of aryl methyl sites for hydroxylation is 2. The lowest BCUT2D eigenvalue weighted by molar-refractivity contribution is -0.125. The fourth-order valence-electron chi connectivity index (χ4n) is 2.27. The number of rotatable bonds is 4. The first-order valence-electron chi connectivity index (χ1n) is 7.07. The van der Waals surface area contributed by atoms with Gasteiger partial charge < -0.3 is 4.90 Å². The fourth-order valence-corrected chi connectivity index (χ4v) is 2.27. The smallest absolute Gasteiger partial charge is 0.246 e. The number of carbonyl (C=O) groups is 1. The second kappa shape index (κ2) is 6.56. The first kappa shape index (κ1) is 15.9. The number of hydrogen-bond acceptors (Lipinski definition) is 2. The van der Waals surface area contributed by atoms with Crippen LogP contribution in [-0.2, 0) is 18.4 Å². The number of likely N-dealkylation sites (N-methyl/N-ethyl adjacent to an activating group) is 1. The Morgan fingerprint density at radius 2 is 2.05 bits per heavy atom. The first-order valence-corrected chi connectivity index (χ1v) is 7.07. The van der Waals surface area contributed by atoms with Crippen molar-refractivity contribution in [1.82, 2.24) is 14.7 Å². The molecule has 1 aromatic carbocycles. The second-order valence-corrected chi connectivity index (χ2v) is 5.33. The Balaban J connectivity index is 2.08. The molecule has 116 valence electrons. The van der Waals surface area contributed by atoms with E-state index in [2.05, 4.69) is 5.10 Å². The quantitative estimate of drug-likeness (QED) is 0.815. The van der Waals surface area contributed by atoms with Gasteiger partial charge in [0.05, 0.1) is 5.69 Å². The van der Waals surface area contributed by atoms with Crippen LogP contribution in [0.2, 0.25) is 0 Å². The van der Waals surface area contributed by atoms with Crippen molar-refractivity contribution in [3.8, 4) is 0 Å². The number of aromatic nitrogens is 2. The normalized spacial score (nSPS) is 11.1. The van der Waals surface area contributed by atoms with Crippen LogP contribution in [-0.4, -0.2) is 27.6 Å². The number of benzene rings is 1. The lowest BCUT2D eigenvalue weighted by atomic mass is 10.1. The SMILES string of the molecule is Cc1nn(C)c(C)c1/C=C/C(=O)N(C)Cc1ccccc1F. The molecule has 1 aromatic heterocycles. The van der Waals surface area contributed by atoms with Crippen LogP contribution in [0.25, 0.3) is 6.08 Å². The minimum atomic E-state index is -0.301. The minimum absolute atomic E-state index is 0.175. The molecule has 0 spiro atoms. The lowest BCUT2D eigenvalue weighted by Crippen LogP contribution is -2.24. The van der Waals surface area contributed by atoms with Crippen LogP contribution < -0.4 is 0 Å². The molecule has 0 fully saturated rings. The third-order valence-electron chi connectivity index (χ3n) is 3.70. The molecule has 0 saturated heterocycles. The first-order chi connectivity index (χ1) is 10.4. The van der Waals surface area contributed by atoms with Crippen molar-refractivity contribution in [1.29, 1.82) is 0 Å². The van der Waals surface area contributed by atoms with Gasteiger partial charge in [0.15, 0.2) is 0 Å². The Bertz CT molecular complexity index is 719. The van der Waals surface area contributed by atoms with E-state index in [1.807, 2.05) is 20.9 Å². The highest BCUT2D eigenvalue weighted by Gasteiger charge is 2.10. The maximum absolute atomic E-state index is 13.6. The molecule has 1 heterocycles. The molecule has 0 aliphatic rings. The summed E-state index contributed by atoms with van der Waals surface area (Å²) < 4.78 is 15.4. The average molecular weight is 301 g/mol. The van der Waals surface area contributed by atoms with Crippen molar-refractivity contribution in [3.63, 3.8) is 0 Å². The highest BCUT2D eigenvalue weighted by molar-refractivity contribution is 5.91. The van der Waals surface area contributed by atoms with Crippen molar-refractivity contribution in [2.45, 2.75) is 20.4 Å². The number of amides is 1. The van der Waals surface area contributed by atoms with Gasteiger partial charge in [-0.25, -0.2) is 4.39 Å². The van der Waals surface area contributed by atoms with E-state index >= 15 is 0 Å². The summed E-state index contributed by atoms with van der Waals surface area (Å²) in [5.41, 5.74) is 3.31. The van der Waals surface area contributed by atoms with Gasteiger partial charge in [-0.15, -0.1) is 0 Å². The second-order valence-electron chi connectivity index (χ2n) is 5.33. The third kappa shape index (κ3) is 3.42. The van der Waals surface area contributed by atoms with E-state index in [-0.39, 0.29) is 18.3 Å². The molecule has 5 heteroatoms. The molecule has 1 amide bonds. The Morgan fingerprint density at radius 3 is 2.64 bits per heavy atom. The zero-order valence-corrected chi connectivity index (χ0v) is 13.3. The van der Waals surface area contributed by atoms with Gasteiger partial charge in [-0.3, -0.25) is 9.48 Å². The number of nitrogens with zero attached hydrogens (tertiary/aromatic N) is 3. The van der Waals surface area contributed by atoms with Crippen molar-refractivity contribution in [2.24, 2.45) is 7.05 Å². The van der Waals surface area contributed by atoms with E-state index in [4.69, 9.17) is 0 Å². The molecule has 0 N–H and O–H groups in total. The summed E-state index contributed by atoms with van der Waals surface area (Å²) in [7, 11) is 3.52. The predicted molar refractivity (Wildman–Crippen MR) is 84.6 cm³/mol. The molecule has 2 aromatic rings. The van der Waals surface area contributed by atoms with Gasteiger partial charge in [0, 0.05) is 43.5 Å². The van der Waals surface area contributed by atoms with Gasteiger partial charge in [0.2, 0.25) is 5.91 Å². The van der Waals surface area contributed by atoms with Crippen LogP contribution >= 0.6 is 0 Å².